The zero-order valence-electron chi connectivity index (χ0n) is 15.4. The van der Waals surface area contributed by atoms with Crippen LogP contribution in [-0.4, -0.2) is 31.3 Å². The van der Waals surface area contributed by atoms with Crippen molar-refractivity contribution in [1.29, 1.82) is 0 Å². The number of hydrogen-bond donors (Lipinski definition) is 2. The summed E-state index contributed by atoms with van der Waals surface area (Å²) < 4.78 is 43.5. The van der Waals surface area contributed by atoms with Crippen molar-refractivity contribution in [3.63, 3.8) is 0 Å². The van der Waals surface area contributed by atoms with Crippen LogP contribution < -0.4 is 24.8 Å². The summed E-state index contributed by atoms with van der Waals surface area (Å²) in [5.74, 6) is 0.314. The quantitative estimate of drug-likeness (QED) is 0.626. The maximum Gasteiger partial charge on any atom is 0.229 e. The van der Waals surface area contributed by atoms with Crippen molar-refractivity contribution >= 4 is 23.1 Å². The third-order valence-corrected chi connectivity index (χ3v) is 3.79. The summed E-state index contributed by atoms with van der Waals surface area (Å²) in [5, 5.41) is 5.61. The van der Waals surface area contributed by atoms with Gasteiger partial charge in [0, 0.05) is 24.0 Å². The number of methoxy groups -OCH3 is 3. The van der Waals surface area contributed by atoms with Crippen molar-refractivity contribution in [3.8, 4) is 17.2 Å². The maximum atomic E-state index is 13.8. The fourth-order valence-electron chi connectivity index (χ4n) is 2.52. The molecule has 9 heteroatoms. The summed E-state index contributed by atoms with van der Waals surface area (Å²) in [5.41, 5.74) is 0.281. The fraction of sp³-hybridized carbons (Fsp3) is 0.158. The van der Waals surface area contributed by atoms with Crippen LogP contribution in [0.5, 0.6) is 17.2 Å². The van der Waals surface area contributed by atoms with E-state index in [9.17, 15) is 8.78 Å². The second kappa shape index (κ2) is 8.38. The monoisotopic (exact) mass is 388 g/mol. The van der Waals surface area contributed by atoms with Gasteiger partial charge in [0.15, 0.2) is 11.5 Å². The zero-order chi connectivity index (χ0) is 20.1. The van der Waals surface area contributed by atoms with Crippen LogP contribution in [0.1, 0.15) is 0 Å². The lowest BCUT2D eigenvalue weighted by Gasteiger charge is -2.15. The average Bonchev–Trinajstić information content (AvgIpc) is 2.70. The predicted octanol–water partition coefficient (Wildman–Crippen LogP) is 4.27. The van der Waals surface area contributed by atoms with Gasteiger partial charge in [-0.1, -0.05) is 6.07 Å². The number of aromatic nitrogens is 2. The predicted molar refractivity (Wildman–Crippen MR) is 101 cm³/mol. The molecule has 146 valence electrons. The number of rotatable bonds is 7. The minimum atomic E-state index is -0.744. The van der Waals surface area contributed by atoms with E-state index in [-0.39, 0.29) is 11.6 Å². The van der Waals surface area contributed by atoms with E-state index >= 15 is 0 Å². The van der Waals surface area contributed by atoms with Gasteiger partial charge in [-0.2, -0.15) is 4.98 Å². The molecule has 0 unspecified atom stereocenters. The summed E-state index contributed by atoms with van der Waals surface area (Å²) in [7, 11) is 4.53. The molecule has 1 heterocycles. The normalized spacial score (nSPS) is 10.3. The number of anilines is 4. The van der Waals surface area contributed by atoms with Gasteiger partial charge in [-0.05, 0) is 18.2 Å². The van der Waals surface area contributed by atoms with Gasteiger partial charge in [0.25, 0.3) is 0 Å². The third kappa shape index (κ3) is 4.03. The van der Waals surface area contributed by atoms with E-state index < -0.39 is 11.6 Å². The van der Waals surface area contributed by atoms with Crippen molar-refractivity contribution < 1.29 is 23.0 Å². The standard InChI is InChI=1S/C19H18F2N4O3/c1-26-14-9-11(10-15(27-2)18(14)28-3)23-16-7-8-22-19(24-16)25-17-12(20)5-4-6-13(17)21/h4-10H,1-3H3,(H2,22,23,24,25). The molecule has 3 aromatic rings. The highest BCUT2D eigenvalue weighted by Crippen LogP contribution is 2.40. The molecule has 1 aromatic heterocycles. The van der Waals surface area contributed by atoms with Crippen molar-refractivity contribution in [3.05, 3.63) is 54.2 Å². The summed E-state index contributed by atoms with van der Waals surface area (Å²) in [6, 6.07) is 8.57. The van der Waals surface area contributed by atoms with Gasteiger partial charge in [0.05, 0.1) is 21.3 Å². The van der Waals surface area contributed by atoms with Gasteiger partial charge in [0.2, 0.25) is 11.7 Å². The molecule has 0 saturated heterocycles. The average molecular weight is 388 g/mol. The molecule has 0 bridgehead atoms. The van der Waals surface area contributed by atoms with E-state index in [1.807, 2.05) is 0 Å². The Morgan fingerprint density at radius 3 is 2.07 bits per heavy atom. The maximum absolute atomic E-state index is 13.8. The highest BCUT2D eigenvalue weighted by molar-refractivity contribution is 5.67. The van der Waals surface area contributed by atoms with E-state index in [0.29, 0.717) is 28.8 Å². The minimum absolute atomic E-state index is 0.0291. The molecule has 0 saturated carbocycles. The van der Waals surface area contributed by atoms with E-state index in [1.165, 1.54) is 33.6 Å². The number of para-hydroxylation sites is 1. The van der Waals surface area contributed by atoms with Crippen molar-refractivity contribution in [2.75, 3.05) is 32.0 Å². The van der Waals surface area contributed by atoms with Crippen molar-refractivity contribution in [1.82, 2.24) is 9.97 Å². The molecule has 0 spiro atoms. The number of halogens is 2. The molecule has 0 fully saturated rings. The fourth-order valence-corrected chi connectivity index (χ4v) is 2.52. The lowest BCUT2D eigenvalue weighted by atomic mass is 10.2. The van der Waals surface area contributed by atoms with Crippen LogP contribution in [0.2, 0.25) is 0 Å². The van der Waals surface area contributed by atoms with Crippen LogP contribution in [0.4, 0.5) is 31.9 Å². The van der Waals surface area contributed by atoms with Gasteiger partial charge < -0.3 is 24.8 Å². The van der Waals surface area contributed by atoms with Crippen LogP contribution in [-0.2, 0) is 0 Å². The Balaban J connectivity index is 1.87. The first-order chi connectivity index (χ1) is 13.5. The summed E-state index contributed by atoms with van der Waals surface area (Å²) in [6.07, 6.45) is 1.45. The lowest BCUT2D eigenvalue weighted by molar-refractivity contribution is 0.324. The number of nitrogens with one attached hydrogen (secondary N) is 2. The third-order valence-electron chi connectivity index (χ3n) is 3.79. The molecule has 0 atom stereocenters. The van der Waals surface area contributed by atoms with Crippen LogP contribution in [0.25, 0.3) is 0 Å². The molecule has 0 amide bonds. The smallest absolute Gasteiger partial charge is 0.229 e. The topological polar surface area (TPSA) is 77.5 Å². The highest BCUT2D eigenvalue weighted by atomic mass is 19.1. The SMILES string of the molecule is COc1cc(Nc2ccnc(Nc3c(F)cccc3F)n2)cc(OC)c1OC. The first-order valence-electron chi connectivity index (χ1n) is 8.16. The number of nitrogens with zero attached hydrogens (tertiary/aromatic N) is 2. The van der Waals surface area contributed by atoms with Crippen LogP contribution in [0.15, 0.2) is 42.6 Å². The Morgan fingerprint density at radius 1 is 0.857 bits per heavy atom. The second-order valence-electron chi connectivity index (χ2n) is 5.53. The molecule has 2 N–H and O–H groups in total. The van der Waals surface area contributed by atoms with Gasteiger partial charge in [-0.25, -0.2) is 13.8 Å². The molecular weight excluding hydrogens is 370 g/mol. The Kier molecular flexibility index (Phi) is 5.73. The zero-order valence-corrected chi connectivity index (χ0v) is 15.4. The lowest BCUT2D eigenvalue weighted by Crippen LogP contribution is -2.03. The number of hydrogen-bond acceptors (Lipinski definition) is 7. The van der Waals surface area contributed by atoms with Gasteiger partial charge in [0.1, 0.15) is 23.1 Å². The summed E-state index contributed by atoms with van der Waals surface area (Å²) in [4.78, 5) is 8.21. The molecule has 0 aliphatic rings. The van der Waals surface area contributed by atoms with Crippen molar-refractivity contribution in [2.24, 2.45) is 0 Å². The van der Waals surface area contributed by atoms with E-state index in [1.54, 1.807) is 18.2 Å². The van der Waals surface area contributed by atoms with Crippen LogP contribution in [0, 0.1) is 11.6 Å². The molecule has 0 radical (unpaired) electrons. The number of benzene rings is 2. The largest absolute Gasteiger partial charge is 0.493 e. The molecule has 0 aliphatic heterocycles. The Hall–Kier alpha value is -3.62. The minimum Gasteiger partial charge on any atom is -0.493 e. The summed E-state index contributed by atoms with van der Waals surface area (Å²) in [6.45, 7) is 0. The molecular formula is C19H18F2N4O3. The van der Waals surface area contributed by atoms with E-state index in [0.717, 1.165) is 12.1 Å². The molecule has 3 rings (SSSR count). The van der Waals surface area contributed by atoms with E-state index in [2.05, 4.69) is 20.6 Å². The van der Waals surface area contributed by atoms with Gasteiger partial charge in [-0.3, -0.25) is 0 Å². The molecule has 0 aliphatic carbocycles. The Bertz CT molecular complexity index is 940. The van der Waals surface area contributed by atoms with Crippen molar-refractivity contribution in [2.45, 2.75) is 0 Å². The highest BCUT2D eigenvalue weighted by Gasteiger charge is 2.14. The number of ether oxygens (including phenoxy) is 3. The van der Waals surface area contributed by atoms with E-state index in [4.69, 9.17) is 14.2 Å². The van der Waals surface area contributed by atoms with Crippen LogP contribution in [0.3, 0.4) is 0 Å². The van der Waals surface area contributed by atoms with Gasteiger partial charge >= 0.3 is 0 Å². The van der Waals surface area contributed by atoms with Crippen LogP contribution >= 0.6 is 0 Å². The van der Waals surface area contributed by atoms with Gasteiger partial charge in [-0.15, -0.1) is 0 Å². The molecule has 28 heavy (non-hydrogen) atoms. The first-order valence-corrected chi connectivity index (χ1v) is 8.16. The first kappa shape index (κ1) is 19.2. The summed E-state index contributed by atoms with van der Waals surface area (Å²) >= 11 is 0. The second-order valence-corrected chi connectivity index (χ2v) is 5.53. The Morgan fingerprint density at radius 2 is 1.50 bits per heavy atom. The molecule has 7 nitrogen and oxygen atoms in total. The Labute approximate surface area is 160 Å². The molecule has 2 aromatic carbocycles.